The van der Waals surface area contributed by atoms with Crippen LogP contribution in [-0.2, 0) is 39.5 Å². The van der Waals surface area contributed by atoms with Crippen molar-refractivity contribution in [2.45, 2.75) is 59.5 Å². The first kappa shape index (κ1) is 27.1. The Morgan fingerprint density at radius 3 is 2.12 bits per heavy atom. The third-order valence-electron chi connectivity index (χ3n) is 3.93. The molecule has 0 radical (unpaired) electrons. The molecule has 0 spiro atoms. The van der Waals surface area contributed by atoms with Crippen LogP contribution in [0, 0.1) is 0 Å². The molecule has 2 N–H and O–H groups in total. The van der Waals surface area contributed by atoms with Gasteiger partial charge in [-0.2, -0.15) is 0 Å². The standard InChI is InChI=1S/C19H30BN5O9/c1-12(2)33-18(26)29-10-31-20(32-11-30-19(27)34-13(3)4)7-28-14(5)6-25-9-24-15-16(21)22-8-23-17(15)25/h8-9,12-14H,6-7,10-11H2,1-5H3,(H2,21,22,23)/t14-/m1/s1. The van der Waals surface area contributed by atoms with Crippen molar-refractivity contribution in [2.75, 3.05) is 25.8 Å². The summed E-state index contributed by atoms with van der Waals surface area (Å²) in [5, 5.41) is 0. The number of carbonyl (C=O) groups is 2. The Kier molecular flexibility index (Phi) is 10.8. The Bertz CT molecular complexity index is 899. The van der Waals surface area contributed by atoms with E-state index in [2.05, 4.69) is 15.0 Å². The Morgan fingerprint density at radius 2 is 1.56 bits per heavy atom. The van der Waals surface area contributed by atoms with Gasteiger partial charge in [-0.25, -0.2) is 24.5 Å². The molecule has 0 saturated carbocycles. The van der Waals surface area contributed by atoms with Gasteiger partial charge in [-0.3, -0.25) is 0 Å². The summed E-state index contributed by atoms with van der Waals surface area (Å²) < 4.78 is 37.7. The van der Waals surface area contributed by atoms with Crippen molar-refractivity contribution < 1.29 is 42.6 Å². The van der Waals surface area contributed by atoms with Crippen LogP contribution >= 0.6 is 0 Å². The van der Waals surface area contributed by atoms with Crippen LogP contribution in [0.5, 0.6) is 0 Å². The summed E-state index contributed by atoms with van der Waals surface area (Å²) in [5.74, 6) is 0.283. The second-order valence-electron chi connectivity index (χ2n) is 7.59. The van der Waals surface area contributed by atoms with Crippen molar-refractivity contribution in [1.29, 1.82) is 0 Å². The highest BCUT2D eigenvalue weighted by Gasteiger charge is 2.23. The second-order valence-corrected chi connectivity index (χ2v) is 7.59. The summed E-state index contributed by atoms with van der Waals surface area (Å²) in [6, 6.07) is 0. The van der Waals surface area contributed by atoms with E-state index in [4.69, 9.17) is 38.7 Å². The largest absolute Gasteiger partial charge is 0.510 e. The van der Waals surface area contributed by atoms with Crippen LogP contribution in [0.25, 0.3) is 11.2 Å². The summed E-state index contributed by atoms with van der Waals surface area (Å²) >= 11 is 0. The molecule has 0 fully saturated rings. The zero-order chi connectivity index (χ0) is 25.1. The minimum absolute atomic E-state index is 0.0733. The molecule has 0 aliphatic heterocycles. The third-order valence-corrected chi connectivity index (χ3v) is 3.93. The van der Waals surface area contributed by atoms with Gasteiger partial charge in [-0.15, -0.1) is 0 Å². The van der Waals surface area contributed by atoms with E-state index < -0.39 is 33.0 Å². The van der Waals surface area contributed by atoms with Crippen LogP contribution in [0.15, 0.2) is 12.7 Å². The van der Waals surface area contributed by atoms with Crippen molar-refractivity contribution in [3.05, 3.63) is 12.7 Å². The molecular weight excluding hydrogens is 453 g/mol. The molecular formula is C19H30BN5O9. The number of anilines is 1. The highest BCUT2D eigenvalue weighted by atomic mass is 16.8. The number of imidazole rings is 1. The first-order valence-corrected chi connectivity index (χ1v) is 10.6. The molecule has 0 aromatic carbocycles. The van der Waals surface area contributed by atoms with Gasteiger partial charge in [-0.05, 0) is 34.6 Å². The van der Waals surface area contributed by atoms with Crippen molar-refractivity contribution in [3.63, 3.8) is 0 Å². The number of nitrogens with zero attached hydrogens (tertiary/aromatic N) is 4. The first-order chi connectivity index (χ1) is 16.2. The summed E-state index contributed by atoms with van der Waals surface area (Å²) in [5.41, 5.74) is 6.87. The maximum Gasteiger partial charge on any atom is 0.510 e. The Balaban J connectivity index is 1.87. The predicted molar refractivity (Wildman–Crippen MR) is 118 cm³/mol. The van der Waals surface area contributed by atoms with Gasteiger partial charge in [0.2, 0.25) is 0 Å². The lowest BCUT2D eigenvalue weighted by atomic mass is 9.92. The van der Waals surface area contributed by atoms with Crippen LogP contribution in [0.1, 0.15) is 34.6 Å². The van der Waals surface area contributed by atoms with Gasteiger partial charge in [-0.1, -0.05) is 0 Å². The number of nitrogens with two attached hydrogens (primary N) is 1. The fraction of sp³-hybridized carbons (Fsp3) is 0.632. The van der Waals surface area contributed by atoms with Gasteiger partial charge in [0, 0.05) is 0 Å². The number of carbonyl (C=O) groups excluding carboxylic acids is 2. The maximum atomic E-state index is 11.5. The molecule has 0 bridgehead atoms. The molecule has 14 nitrogen and oxygen atoms in total. The molecule has 15 heteroatoms. The van der Waals surface area contributed by atoms with E-state index >= 15 is 0 Å². The molecule has 0 aliphatic carbocycles. The van der Waals surface area contributed by atoms with Crippen LogP contribution < -0.4 is 5.73 Å². The molecule has 2 heterocycles. The molecule has 188 valence electrons. The van der Waals surface area contributed by atoms with Crippen LogP contribution in [0.3, 0.4) is 0 Å². The topological polar surface area (TPSA) is 168 Å². The number of hydrogen-bond acceptors (Lipinski definition) is 13. The number of aromatic nitrogens is 4. The molecule has 1 atom stereocenters. The predicted octanol–water partition coefficient (Wildman–Crippen LogP) is 1.91. The number of fused-ring (bicyclic) bond motifs is 1. The number of hydrogen-bond donors (Lipinski definition) is 1. The highest BCUT2D eigenvalue weighted by Crippen LogP contribution is 2.15. The fourth-order valence-corrected chi connectivity index (χ4v) is 2.52. The molecule has 0 unspecified atom stereocenters. The van der Waals surface area contributed by atoms with Crippen molar-refractivity contribution in [2.24, 2.45) is 0 Å². The van der Waals surface area contributed by atoms with Gasteiger partial charge < -0.3 is 43.3 Å². The molecule has 0 aliphatic rings. The third kappa shape index (κ3) is 9.37. The van der Waals surface area contributed by atoms with Crippen molar-refractivity contribution in [1.82, 2.24) is 19.5 Å². The lowest BCUT2D eigenvalue weighted by Gasteiger charge is -2.19. The van der Waals surface area contributed by atoms with E-state index in [1.54, 1.807) is 38.6 Å². The van der Waals surface area contributed by atoms with E-state index in [-0.39, 0.29) is 30.6 Å². The maximum absolute atomic E-state index is 11.5. The number of ether oxygens (including phenoxy) is 5. The summed E-state index contributed by atoms with van der Waals surface area (Å²) in [6.07, 6.45) is 0.131. The van der Waals surface area contributed by atoms with E-state index in [0.29, 0.717) is 17.7 Å². The summed E-state index contributed by atoms with van der Waals surface area (Å²) in [4.78, 5) is 35.3. The smallest absolute Gasteiger partial charge is 0.432 e. The highest BCUT2D eigenvalue weighted by molar-refractivity contribution is 6.44. The summed E-state index contributed by atoms with van der Waals surface area (Å²) in [6.45, 7) is 7.94. The molecule has 0 saturated heterocycles. The van der Waals surface area contributed by atoms with E-state index in [1.165, 1.54) is 6.33 Å². The van der Waals surface area contributed by atoms with E-state index in [0.717, 1.165) is 0 Å². The molecule has 0 amide bonds. The quantitative estimate of drug-likeness (QED) is 0.249. The van der Waals surface area contributed by atoms with Gasteiger partial charge in [0.05, 0.1) is 37.7 Å². The van der Waals surface area contributed by atoms with Gasteiger partial charge in [0.1, 0.15) is 11.8 Å². The van der Waals surface area contributed by atoms with Crippen molar-refractivity contribution in [3.8, 4) is 0 Å². The zero-order valence-electron chi connectivity index (χ0n) is 19.8. The van der Waals surface area contributed by atoms with Gasteiger partial charge in [0.15, 0.2) is 25.1 Å². The Hall–Kier alpha value is -3.17. The average Bonchev–Trinajstić information content (AvgIpc) is 3.14. The Labute approximate surface area is 197 Å². The lowest BCUT2D eigenvalue weighted by Crippen LogP contribution is -2.34. The monoisotopic (exact) mass is 483 g/mol. The fourth-order valence-electron chi connectivity index (χ4n) is 2.52. The number of rotatable bonds is 13. The minimum Gasteiger partial charge on any atom is -0.432 e. The molecule has 2 aromatic rings. The van der Waals surface area contributed by atoms with E-state index in [1.807, 2.05) is 6.92 Å². The van der Waals surface area contributed by atoms with Crippen LogP contribution in [-0.4, -0.2) is 77.4 Å². The summed E-state index contributed by atoms with van der Waals surface area (Å²) in [7, 11) is -1.03. The normalized spacial score (nSPS) is 12.1. The Morgan fingerprint density at radius 1 is 0.971 bits per heavy atom. The second kappa shape index (κ2) is 13.5. The number of nitrogen functional groups attached to an aromatic ring is 1. The van der Waals surface area contributed by atoms with E-state index in [9.17, 15) is 9.59 Å². The van der Waals surface area contributed by atoms with Crippen LogP contribution in [0.4, 0.5) is 15.4 Å². The first-order valence-electron chi connectivity index (χ1n) is 10.6. The van der Waals surface area contributed by atoms with Gasteiger partial charge in [0.25, 0.3) is 0 Å². The zero-order valence-corrected chi connectivity index (χ0v) is 19.8. The molecule has 2 aromatic heterocycles. The van der Waals surface area contributed by atoms with Gasteiger partial charge >= 0.3 is 19.4 Å². The average molecular weight is 483 g/mol. The lowest BCUT2D eigenvalue weighted by molar-refractivity contribution is -0.0451. The SMILES string of the molecule is CC(C)OC(=O)OCOB(CO[C@H](C)Cn1cnc2c(N)ncnc21)OCOC(=O)OC(C)C. The van der Waals surface area contributed by atoms with Crippen LogP contribution in [0.2, 0.25) is 0 Å². The molecule has 34 heavy (non-hydrogen) atoms. The molecule has 2 rings (SSSR count). The minimum atomic E-state index is -1.03. The van der Waals surface area contributed by atoms with Crippen molar-refractivity contribution >= 4 is 36.4 Å².